The first-order valence-corrected chi connectivity index (χ1v) is 6.75. The van der Waals surface area contributed by atoms with Gasteiger partial charge in [-0.3, -0.25) is 0 Å². The van der Waals surface area contributed by atoms with Gasteiger partial charge in [0.15, 0.2) is 0 Å². The number of ether oxygens (including phenoxy) is 1. The summed E-state index contributed by atoms with van der Waals surface area (Å²) in [5.74, 6) is -0.462. The maximum atomic E-state index is 11.7. The molecule has 1 N–H and O–H groups in total. The Morgan fingerprint density at radius 1 is 1.30 bits per heavy atom. The molecule has 20 heavy (non-hydrogen) atoms. The largest absolute Gasteiger partial charge is 0.508 e. The fourth-order valence-corrected chi connectivity index (χ4v) is 1.65. The van der Waals surface area contributed by atoms with E-state index >= 15 is 0 Å². The molecule has 0 aliphatic heterocycles. The van der Waals surface area contributed by atoms with Gasteiger partial charge in [-0.05, 0) is 30.2 Å². The maximum Gasteiger partial charge on any atom is 0.348 e. The van der Waals surface area contributed by atoms with Gasteiger partial charge in [-0.15, -0.1) is 0 Å². The average Bonchev–Trinajstić information content (AvgIpc) is 2.46. The highest BCUT2D eigenvalue weighted by molar-refractivity contribution is 5.97. The van der Waals surface area contributed by atoms with E-state index in [1.165, 1.54) is 18.2 Å². The lowest BCUT2D eigenvalue weighted by molar-refractivity contribution is -0.138. The molecule has 1 aromatic rings. The molecule has 0 heterocycles. The van der Waals surface area contributed by atoms with Crippen LogP contribution in [0.15, 0.2) is 29.8 Å². The summed E-state index contributed by atoms with van der Waals surface area (Å²) in [5, 5.41) is 18.2. The van der Waals surface area contributed by atoms with Crippen LogP contribution in [0.2, 0.25) is 0 Å². The van der Waals surface area contributed by atoms with Gasteiger partial charge in [-0.1, -0.05) is 38.3 Å². The van der Waals surface area contributed by atoms with Crippen LogP contribution in [0.3, 0.4) is 0 Å². The lowest BCUT2D eigenvalue weighted by Crippen LogP contribution is -2.08. The number of esters is 1. The molecule has 0 unspecified atom stereocenters. The van der Waals surface area contributed by atoms with Gasteiger partial charge in [-0.2, -0.15) is 5.26 Å². The Balaban J connectivity index is 2.55. The number of aromatic hydroxyl groups is 1. The van der Waals surface area contributed by atoms with Crippen molar-refractivity contribution in [2.45, 2.75) is 32.6 Å². The highest BCUT2D eigenvalue weighted by atomic mass is 16.5. The molecule has 0 fully saturated rings. The van der Waals surface area contributed by atoms with Crippen LogP contribution >= 0.6 is 0 Å². The van der Waals surface area contributed by atoms with Gasteiger partial charge in [0.25, 0.3) is 0 Å². The summed E-state index contributed by atoms with van der Waals surface area (Å²) in [7, 11) is 0. The molecule has 0 spiro atoms. The number of rotatable bonds is 7. The van der Waals surface area contributed by atoms with Crippen molar-refractivity contribution in [2.75, 3.05) is 6.61 Å². The number of hydrogen-bond acceptors (Lipinski definition) is 4. The molecule has 0 saturated carbocycles. The third-order valence-electron chi connectivity index (χ3n) is 2.78. The summed E-state index contributed by atoms with van der Waals surface area (Å²) in [6, 6.07) is 8.09. The van der Waals surface area contributed by atoms with E-state index in [0.717, 1.165) is 25.7 Å². The second-order valence-corrected chi connectivity index (χ2v) is 4.46. The molecule has 0 bridgehead atoms. The van der Waals surface area contributed by atoms with Gasteiger partial charge in [0, 0.05) is 0 Å². The molecule has 1 aromatic carbocycles. The number of carbonyl (C=O) groups is 1. The Morgan fingerprint density at radius 3 is 2.60 bits per heavy atom. The molecule has 0 radical (unpaired) electrons. The Hall–Kier alpha value is -2.28. The minimum atomic E-state index is -0.600. The molecule has 106 valence electrons. The van der Waals surface area contributed by atoms with Crippen LogP contribution in [-0.4, -0.2) is 17.7 Å². The molecule has 0 atom stereocenters. The second-order valence-electron chi connectivity index (χ2n) is 4.46. The molecular weight excluding hydrogens is 254 g/mol. The SMILES string of the molecule is CCCCCCOC(=O)C(C#N)=Cc1ccc(O)cc1. The van der Waals surface area contributed by atoms with Gasteiger partial charge < -0.3 is 9.84 Å². The zero-order valence-corrected chi connectivity index (χ0v) is 11.6. The summed E-state index contributed by atoms with van der Waals surface area (Å²) < 4.78 is 5.06. The second kappa shape index (κ2) is 8.76. The fraction of sp³-hybridized carbons (Fsp3) is 0.375. The van der Waals surface area contributed by atoms with Crippen molar-refractivity contribution in [1.82, 2.24) is 0 Å². The molecule has 4 nitrogen and oxygen atoms in total. The van der Waals surface area contributed by atoms with Crippen LogP contribution in [0.25, 0.3) is 6.08 Å². The number of hydrogen-bond donors (Lipinski definition) is 1. The van der Waals surface area contributed by atoms with Crippen molar-refractivity contribution >= 4 is 12.0 Å². The van der Waals surface area contributed by atoms with Crippen LogP contribution < -0.4 is 0 Å². The number of nitrogens with zero attached hydrogens (tertiary/aromatic N) is 1. The molecule has 0 aromatic heterocycles. The minimum absolute atomic E-state index is 0.0359. The third-order valence-corrected chi connectivity index (χ3v) is 2.78. The van der Waals surface area contributed by atoms with Gasteiger partial charge in [0.1, 0.15) is 17.4 Å². The Morgan fingerprint density at radius 2 is 2.00 bits per heavy atom. The van der Waals surface area contributed by atoms with Crippen LogP contribution in [0.5, 0.6) is 5.75 Å². The van der Waals surface area contributed by atoms with Gasteiger partial charge in [0.2, 0.25) is 0 Å². The van der Waals surface area contributed by atoms with Gasteiger partial charge in [0.05, 0.1) is 6.61 Å². The van der Waals surface area contributed by atoms with E-state index in [-0.39, 0.29) is 11.3 Å². The van der Waals surface area contributed by atoms with Gasteiger partial charge >= 0.3 is 5.97 Å². The molecule has 0 amide bonds. The molecule has 0 saturated heterocycles. The monoisotopic (exact) mass is 273 g/mol. The quantitative estimate of drug-likeness (QED) is 0.357. The molecular formula is C16H19NO3. The predicted octanol–water partition coefficient (Wildman–Crippen LogP) is 3.42. The van der Waals surface area contributed by atoms with Crippen molar-refractivity contribution in [3.8, 4) is 11.8 Å². The number of nitriles is 1. The fourth-order valence-electron chi connectivity index (χ4n) is 1.65. The highest BCUT2D eigenvalue weighted by Gasteiger charge is 2.10. The number of phenolic OH excluding ortho intramolecular Hbond substituents is 1. The molecule has 0 aliphatic rings. The first-order chi connectivity index (χ1) is 9.67. The van der Waals surface area contributed by atoms with E-state index in [1.54, 1.807) is 12.1 Å². The van der Waals surface area contributed by atoms with E-state index in [1.807, 2.05) is 6.07 Å². The van der Waals surface area contributed by atoms with Crippen LogP contribution in [-0.2, 0) is 9.53 Å². The summed E-state index contributed by atoms with van der Waals surface area (Å²) in [4.78, 5) is 11.7. The van der Waals surface area contributed by atoms with Crippen LogP contribution in [0.4, 0.5) is 0 Å². The number of benzene rings is 1. The molecule has 4 heteroatoms. The first-order valence-electron chi connectivity index (χ1n) is 6.75. The summed E-state index contributed by atoms with van der Waals surface area (Å²) >= 11 is 0. The lowest BCUT2D eigenvalue weighted by atomic mass is 10.1. The number of carbonyl (C=O) groups excluding carboxylic acids is 1. The number of phenols is 1. The Bertz CT molecular complexity index is 497. The van der Waals surface area contributed by atoms with E-state index in [9.17, 15) is 4.79 Å². The highest BCUT2D eigenvalue weighted by Crippen LogP contribution is 2.13. The first kappa shape index (κ1) is 15.8. The maximum absolute atomic E-state index is 11.7. The normalized spacial score (nSPS) is 10.9. The standard InChI is InChI=1S/C16H19NO3/c1-2-3-4-5-10-20-16(19)14(12-17)11-13-6-8-15(18)9-7-13/h6-9,11,18H,2-5,10H2,1H3. The summed E-state index contributed by atoms with van der Waals surface area (Å²) in [6.45, 7) is 2.45. The van der Waals surface area contributed by atoms with Crippen molar-refractivity contribution in [2.24, 2.45) is 0 Å². The molecule has 1 rings (SSSR count). The minimum Gasteiger partial charge on any atom is -0.508 e. The van der Waals surface area contributed by atoms with Crippen molar-refractivity contribution in [3.05, 3.63) is 35.4 Å². The zero-order valence-electron chi connectivity index (χ0n) is 11.6. The smallest absolute Gasteiger partial charge is 0.348 e. The van der Waals surface area contributed by atoms with Crippen molar-refractivity contribution in [1.29, 1.82) is 5.26 Å². The number of unbranched alkanes of at least 4 members (excludes halogenated alkanes) is 3. The summed E-state index contributed by atoms with van der Waals surface area (Å²) in [6.07, 6.45) is 5.53. The van der Waals surface area contributed by atoms with E-state index in [0.29, 0.717) is 12.2 Å². The Kier molecular flexibility index (Phi) is 6.91. The van der Waals surface area contributed by atoms with Crippen LogP contribution in [0.1, 0.15) is 38.2 Å². The van der Waals surface area contributed by atoms with Crippen molar-refractivity contribution < 1.29 is 14.6 Å². The lowest BCUT2D eigenvalue weighted by Gasteiger charge is -2.03. The van der Waals surface area contributed by atoms with E-state index in [2.05, 4.69) is 6.92 Å². The topological polar surface area (TPSA) is 70.3 Å². The van der Waals surface area contributed by atoms with E-state index in [4.69, 9.17) is 15.1 Å². The third kappa shape index (κ3) is 5.57. The average molecular weight is 273 g/mol. The van der Waals surface area contributed by atoms with Crippen molar-refractivity contribution in [3.63, 3.8) is 0 Å². The zero-order chi connectivity index (χ0) is 14.8. The Labute approximate surface area is 119 Å². The predicted molar refractivity (Wildman–Crippen MR) is 76.8 cm³/mol. The van der Waals surface area contributed by atoms with Crippen LogP contribution in [0, 0.1) is 11.3 Å². The van der Waals surface area contributed by atoms with E-state index < -0.39 is 5.97 Å². The van der Waals surface area contributed by atoms with Gasteiger partial charge in [-0.25, -0.2) is 4.79 Å². The summed E-state index contributed by atoms with van der Waals surface area (Å²) in [5.41, 5.74) is 0.633. The molecule has 0 aliphatic carbocycles.